The number of ether oxygens (including phenoxy) is 1. The minimum absolute atomic E-state index is 0.127. The molecule has 98 valence electrons. The van der Waals surface area contributed by atoms with Gasteiger partial charge in [0.1, 0.15) is 0 Å². The lowest BCUT2D eigenvalue weighted by Crippen LogP contribution is -2.44. The van der Waals surface area contributed by atoms with Crippen molar-refractivity contribution in [2.24, 2.45) is 0 Å². The third kappa shape index (κ3) is 3.06. The van der Waals surface area contributed by atoms with Gasteiger partial charge in [-0.25, -0.2) is 0 Å². The molecule has 1 fully saturated rings. The summed E-state index contributed by atoms with van der Waals surface area (Å²) in [7, 11) is 0. The number of morpholine rings is 1. The van der Waals surface area contributed by atoms with E-state index in [1.54, 1.807) is 11.8 Å². The van der Waals surface area contributed by atoms with Crippen LogP contribution >= 0.6 is 11.8 Å². The van der Waals surface area contributed by atoms with E-state index in [0.29, 0.717) is 19.7 Å². The number of amides is 1. The summed E-state index contributed by atoms with van der Waals surface area (Å²) < 4.78 is 5.47. The second kappa shape index (κ2) is 6.25. The highest BCUT2D eigenvalue weighted by Crippen LogP contribution is 2.24. The molecule has 1 heterocycles. The Morgan fingerprint density at radius 2 is 2.28 bits per heavy atom. The van der Waals surface area contributed by atoms with E-state index in [-0.39, 0.29) is 12.0 Å². The number of hydrogen-bond acceptors (Lipinski definition) is 3. The Balaban J connectivity index is 2.17. The van der Waals surface area contributed by atoms with E-state index < -0.39 is 0 Å². The van der Waals surface area contributed by atoms with Gasteiger partial charge in [0, 0.05) is 18.0 Å². The third-order valence-corrected chi connectivity index (χ3v) is 3.90. The van der Waals surface area contributed by atoms with Gasteiger partial charge >= 0.3 is 0 Å². The lowest BCUT2D eigenvalue weighted by atomic mass is 10.2. The summed E-state index contributed by atoms with van der Waals surface area (Å²) in [6, 6.07) is 7.85. The fraction of sp³-hybridized carbons (Fsp3) is 0.500. The van der Waals surface area contributed by atoms with Gasteiger partial charge in [0.05, 0.1) is 18.3 Å². The van der Waals surface area contributed by atoms with Crippen molar-refractivity contribution in [3.63, 3.8) is 0 Å². The number of carbonyl (C=O) groups is 1. The molecule has 1 aromatic carbocycles. The number of carbonyl (C=O) groups excluding carboxylic acids is 1. The molecule has 0 radical (unpaired) electrons. The first-order valence-corrected chi connectivity index (χ1v) is 7.33. The first-order valence-electron chi connectivity index (χ1n) is 6.35. The van der Waals surface area contributed by atoms with Crippen molar-refractivity contribution in [3.05, 3.63) is 29.8 Å². The van der Waals surface area contributed by atoms with E-state index in [1.165, 1.54) is 0 Å². The summed E-state index contributed by atoms with van der Waals surface area (Å²) in [4.78, 5) is 15.5. The maximum atomic E-state index is 12.5. The maximum Gasteiger partial charge on any atom is 0.255 e. The summed E-state index contributed by atoms with van der Waals surface area (Å²) in [5, 5.41) is 0. The van der Waals surface area contributed by atoms with E-state index in [1.807, 2.05) is 36.1 Å². The van der Waals surface area contributed by atoms with Crippen LogP contribution in [0.3, 0.4) is 0 Å². The molecule has 1 unspecified atom stereocenters. The molecule has 0 aliphatic carbocycles. The fourth-order valence-corrected chi connectivity index (χ4v) is 2.89. The van der Waals surface area contributed by atoms with Crippen molar-refractivity contribution in [2.45, 2.75) is 24.8 Å². The van der Waals surface area contributed by atoms with Crippen molar-refractivity contribution in [3.8, 4) is 0 Å². The average Bonchev–Trinajstić information content (AvgIpc) is 2.39. The SMILES string of the molecule is CCSc1ccccc1C(=O)N1CCOC(C)C1. The molecule has 1 aliphatic rings. The summed E-state index contributed by atoms with van der Waals surface area (Å²) in [5.41, 5.74) is 0.818. The van der Waals surface area contributed by atoms with Crippen molar-refractivity contribution >= 4 is 17.7 Å². The van der Waals surface area contributed by atoms with Crippen molar-refractivity contribution < 1.29 is 9.53 Å². The van der Waals surface area contributed by atoms with Crippen LogP contribution in [0, 0.1) is 0 Å². The number of rotatable bonds is 3. The Hall–Kier alpha value is -1.00. The Kier molecular flexibility index (Phi) is 4.66. The van der Waals surface area contributed by atoms with E-state index in [9.17, 15) is 4.79 Å². The van der Waals surface area contributed by atoms with Gasteiger partial charge in [-0.3, -0.25) is 4.79 Å². The van der Waals surface area contributed by atoms with Gasteiger partial charge in [-0.2, -0.15) is 0 Å². The van der Waals surface area contributed by atoms with Crippen molar-refractivity contribution in [1.82, 2.24) is 4.90 Å². The van der Waals surface area contributed by atoms with Crippen LogP contribution in [0.4, 0.5) is 0 Å². The van der Waals surface area contributed by atoms with E-state index >= 15 is 0 Å². The average molecular weight is 265 g/mol. The van der Waals surface area contributed by atoms with Gasteiger partial charge < -0.3 is 9.64 Å². The predicted molar refractivity (Wildman–Crippen MR) is 74.2 cm³/mol. The van der Waals surface area contributed by atoms with Gasteiger partial charge in [0.15, 0.2) is 0 Å². The first-order chi connectivity index (χ1) is 8.72. The van der Waals surface area contributed by atoms with Crippen LogP contribution in [-0.2, 0) is 4.74 Å². The molecule has 0 bridgehead atoms. The molecule has 1 saturated heterocycles. The number of benzene rings is 1. The Bertz CT molecular complexity index is 422. The Morgan fingerprint density at radius 3 is 3.00 bits per heavy atom. The predicted octanol–water partition coefficient (Wildman–Crippen LogP) is 2.66. The monoisotopic (exact) mass is 265 g/mol. The van der Waals surface area contributed by atoms with Crippen LogP contribution in [0.5, 0.6) is 0 Å². The van der Waals surface area contributed by atoms with Crippen LogP contribution in [0.2, 0.25) is 0 Å². The molecule has 4 heteroatoms. The first kappa shape index (κ1) is 13.4. The van der Waals surface area contributed by atoms with Gasteiger partial charge in [0.2, 0.25) is 0 Å². The van der Waals surface area contributed by atoms with Crippen molar-refractivity contribution in [1.29, 1.82) is 0 Å². The quantitative estimate of drug-likeness (QED) is 0.787. The molecular formula is C14H19NO2S. The largest absolute Gasteiger partial charge is 0.375 e. The number of nitrogens with zero attached hydrogens (tertiary/aromatic N) is 1. The van der Waals surface area contributed by atoms with Gasteiger partial charge in [0.25, 0.3) is 5.91 Å². The van der Waals surface area contributed by atoms with E-state index in [2.05, 4.69) is 6.92 Å². The highest BCUT2D eigenvalue weighted by molar-refractivity contribution is 7.99. The molecular weight excluding hydrogens is 246 g/mol. The molecule has 1 atom stereocenters. The molecule has 0 saturated carbocycles. The minimum atomic E-state index is 0.127. The number of hydrogen-bond donors (Lipinski definition) is 0. The highest BCUT2D eigenvalue weighted by atomic mass is 32.2. The van der Waals surface area contributed by atoms with E-state index in [0.717, 1.165) is 16.2 Å². The lowest BCUT2D eigenvalue weighted by Gasteiger charge is -2.31. The standard InChI is InChI=1S/C14H19NO2S/c1-3-18-13-7-5-4-6-12(13)14(16)15-8-9-17-11(2)10-15/h4-7,11H,3,8-10H2,1-2H3. The molecule has 1 amide bonds. The molecule has 0 N–H and O–H groups in total. The Morgan fingerprint density at radius 1 is 1.50 bits per heavy atom. The zero-order valence-corrected chi connectivity index (χ0v) is 11.7. The number of thioether (sulfide) groups is 1. The van der Waals surface area contributed by atoms with Crippen LogP contribution in [0.1, 0.15) is 24.2 Å². The van der Waals surface area contributed by atoms with Crippen LogP contribution in [0.25, 0.3) is 0 Å². The Labute approximate surface area is 113 Å². The lowest BCUT2D eigenvalue weighted by molar-refractivity contribution is -0.0125. The molecule has 1 aromatic rings. The van der Waals surface area contributed by atoms with Gasteiger partial charge in [-0.1, -0.05) is 19.1 Å². The van der Waals surface area contributed by atoms with E-state index in [4.69, 9.17) is 4.74 Å². The minimum Gasteiger partial charge on any atom is -0.375 e. The van der Waals surface area contributed by atoms with Crippen LogP contribution in [-0.4, -0.2) is 42.4 Å². The van der Waals surface area contributed by atoms with Gasteiger partial charge in [-0.15, -0.1) is 11.8 Å². The normalized spacial score (nSPS) is 19.9. The topological polar surface area (TPSA) is 29.5 Å². The summed E-state index contributed by atoms with van der Waals surface area (Å²) in [6.07, 6.45) is 0.133. The summed E-state index contributed by atoms with van der Waals surface area (Å²) in [5.74, 6) is 1.10. The summed E-state index contributed by atoms with van der Waals surface area (Å²) >= 11 is 1.72. The second-order valence-electron chi connectivity index (χ2n) is 4.36. The zero-order chi connectivity index (χ0) is 13.0. The van der Waals surface area contributed by atoms with Crippen molar-refractivity contribution in [2.75, 3.05) is 25.4 Å². The fourth-order valence-electron chi connectivity index (χ4n) is 2.10. The molecule has 1 aliphatic heterocycles. The third-order valence-electron chi connectivity index (χ3n) is 2.95. The summed E-state index contributed by atoms with van der Waals surface area (Å²) in [6.45, 7) is 6.11. The molecule has 0 aromatic heterocycles. The maximum absolute atomic E-state index is 12.5. The van der Waals surface area contributed by atoms with Crippen LogP contribution in [0.15, 0.2) is 29.2 Å². The van der Waals surface area contributed by atoms with Gasteiger partial charge in [-0.05, 0) is 24.8 Å². The molecule has 18 heavy (non-hydrogen) atoms. The molecule has 3 nitrogen and oxygen atoms in total. The zero-order valence-electron chi connectivity index (χ0n) is 10.9. The molecule has 0 spiro atoms. The smallest absolute Gasteiger partial charge is 0.255 e. The van der Waals surface area contributed by atoms with Crippen LogP contribution < -0.4 is 0 Å². The molecule has 2 rings (SSSR count). The second-order valence-corrected chi connectivity index (χ2v) is 5.67. The highest BCUT2D eigenvalue weighted by Gasteiger charge is 2.23.